The van der Waals surface area contributed by atoms with E-state index in [-0.39, 0.29) is 0 Å². The zero-order valence-corrected chi connectivity index (χ0v) is 16.9. The van der Waals surface area contributed by atoms with Crippen LogP contribution in [0, 0.1) is 13.8 Å². The highest BCUT2D eigenvalue weighted by molar-refractivity contribution is 15.0. The number of benzene rings is 1. The Morgan fingerprint density at radius 2 is 1.80 bits per heavy atom. The number of halogens is 2. The van der Waals surface area contributed by atoms with E-state index in [9.17, 15) is 0 Å². The standard InChI is InChI=1S/C16H22N2.I2/c1-10-7-13-12(3)17-16-5-6-18(4)9-15(16)14(13)8-11(10)2;1-2/h7-8,15-16H,5-6,9H2,1-4H3;. The van der Waals surface area contributed by atoms with Gasteiger partial charge in [0.05, 0.1) is 6.04 Å². The number of likely N-dealkylation sites (N-methyl/N-ethyl adjacent to an activating group) is 1. The second kappa shape index (κ2) is 7.05. The number of fused-ring (bicyclic) bond motifs is 3. The minimum Gasteiger partial charge on any atom is -0.306 e. The van der Waals surface area contributed by atoms with E-state index in [1.807, 2.05) is 0 Å². The molecule has 1 aromatic rings. The number of aliphatic imine (C=N–C) groups is 1. The fourth-order valence-corrected chi connectivity index (χ4v) is 3.34. The van der Waals surface area contributed by atoms with Crippen LogP contribution >= 0.6 is 37.2 Å². The second-order valence-corrected chi connectivity index (χ2v) is 5.96. The van der Waals surface area contributed by atoms with E-state index in [1.165, 1.54) is 40.9 Å². The third-order valence-electron chi connectivity index (χ3n) is 4.59. The van der Waals surface area contributed by atoms with E-state index in [0.29, 0.717) is 12.0 Å². The zero-order chi connectivity index (χ0) is 14.9. The first-order valence-corrected chi connectivity index (χ1v) is 13.3. The van der Waals surface area contributed by atoms with E-state index in [1.54, 1.807) is 0 Å². The summed E-state index contributed by atoms with van der Waals surface area (Å²) in [4.78, 5) is 7.38. The molecule has 2 atom stereocenters. The highest BCUT2D eigenvalue weighted by Gasteiger charge is 2.33. The molecular weight excluding hydrogens is 474 g/mol. The first kappa shape index (κ1) is 16.7. The third-order valence-corrected chi connectivity index (χ3v) is 4.59. The first-order valence-electron chi connectivity index (χ1n) is 7.05. The second-order valence-electron chi connectivity index (χ2n) is 5.96. The molecule has 110 valence electrons. The van der Waals surface area contributed by atoms with Crippen molar-refractivity contribution in [3.63, 3.8) is 0 Å². The van der Waals surface area contributed by atoms with Gasteiger partial charge in [-0.05, 0) is 69.1 Å². The molecule has 1 fully saturated rings. The molecule has 0 aliphatic carbocycles. The summed E-state index contributed by atoms with van der Waals surface area (Å²) in [5.41, 5.74) is 6.94. The van der Waals surface area contributed by atoms with Gasteiger partial charge in [0.25, 0.3) is 0 Å². The molecule has 2 unspecified atom stereocenters. The number of likely N-dealkylation sites (tertiary alicyclic amines) is 1. The topological polar surface area (TPSA) is 15.6 Å². The highest BCUT2D eigenvalue weighted by atomic mass is 128. The maximum Gasteiger partial charge on any atom is 0.0596 e. The van der Waals surface area contributed by atoms with Crippen LogP contribution in [-0.4, -0.2) is 36.8 Å². The zero-order valence-electron chi connectivity index (χ0n) is 12.6. The lowest BCUT2D eigenvalue weighted by Gasteiger charge is -2.39. The maximum atomic E-state index is 4.94. The van der Waals surface area contributed by atoms with Gasteiger partial charge >= 0.3 is 0 Å². The van der Waals surface area contributed by atoms with Gasteiger partial charge in [-0.15, -0.1) is 0 Å². The summed E-state index contributed by atoms with van der Waals surface area (Å²) >= 11 is 4.24. The molecule has 0 saturated carbocycles. The van der Waals surface area contributed by atoms with Crippen LogP contribution in [0.3, 0.4) is 0 Å². The Balaban J connectivity index is 0.000000704. The molecule has 2 aliphatic heterocycles. The van der Waals surface area contributed by atoms with Crippen molar-refractivity contribution in [3.8, 4) is 0 Å². The van der Waals surface area contributed by atoms with Crippen molar-refractivity contribution in [2.45, 2.75) is 39.2 Å². The van der Waals surface area contributed by atoms with E-state index in [2.05, 4.69) is 82.1 Å². The van der Waals surface area contributed by atoms with Gasteiger partial charge in [-0.2, -0.15) is 0 Å². The van der Waals surface area contributed by atoms with Gasteiger partial charge in [0, 0.05) is 55.4 Å². The van der Waals surface area contributed by atoms with Crippen LogP contribution in [0.1, 0.15) is 41.5 Å². The molecule has 1 saturated heterocycles. The normalized spacial score (nSPS) is 25.0. The minimum absolute atomic E-state index is 0.510. The van der Waals surface area contributed by atoms with Crippen molar-refractivity contribution >= 4 is 42.9 Å². The van der Waals surface area contributed by atoms with Crippen molar-refractivity contribution in [1.82, 2.24) is 4.90 Å². The molecule has 2 heterocycles. The van der Waals surface area contributed by atoms with E-state index in [0.717, 1.165) is 6.54 Å². The van der Waals surface area contributed by atoms with Gasteiger partial charge in [-0.25, -0.2) is 0 Å². The molecule has 0 radical (unpaired) electrons. The highest BCUT2D eigenvalue weighted by Crippen LogP contribution is 2.36. The number of aryl methyl sites for hydroxylation is 2. The van der Waals surface area contributed by atoms with Crippen LogP contribution in [0.2, 0.25) is 0 Å². The molecule has 2 nitrogen and oxygen atoms in total. The van der Waals surface area contributed by atoms with Crippen molar-refractivity contribution in [1.29, 1.82) is 0 Å². The van der Waals surface area contributed by atoms with Crippen molar-refractivity contribution in [2.24, 2.45) is 4.99 Å². The Labute approximate surface area is 145 Å². The Morgan fingerprint density at radius 1 is 1.15 bits per heavy atom. The Bertz CT molecular complexity index is 525. The molecule has 0 bridgehead atoms. The summed E-state index contributed by atoms with van der Waals surface area (Å²) in [6.45, 7) is 8.91. The van der Waals surface area contributed by atoms with Crippen molar-refractivity contribution < 1.29 is 0 Å². The van der Waals surface area contributed by atoms with E-state index in [4.69, 9.17) is 4.99 Å². The number of hydrogen-bond acceptors (Lipinski definition) is 2. The van der Waals surface area contributed by atoms with Crippen LogP contribution in [0.15, 0.2) is 17.1 Å². The monoisotopic (exact) mass is 496 g/mol. The Hall–Kier alpha value is 0.310. The molecule has 0 N–H and O–H groups in total. The van der Waals surface area contributed by atoms with Crippen LogP contribution in [-0.2, 0) is 0 Å². The molecule has 2 aliphatic rings. The molecule has 0 spiro atoms. The summed E-state index contributed by atoms with van der Waals surface area (Å²) in [7, 11) is 2.22. The summed E-state index contributed by atoms with van der Waals surface area (Å²) in [6, 6.07) is 5.24. The number of piperidine rings is 1. The summed E-state index contributed by atoms with van der Waals surface area (Å²) < 4.78 is 0. The van der Waals surface area contributed by atoms with E-state index >= 15 is 0 Å². The van der Waals surface area contributed by atoms with Gasteiger partial charge in [0.2, 0.25) is 0 Å². The lowest BCUT2D eigenvalue weighted by atomic mass is 9.79. The lowest BCUT2D eigenvalue weighted by molar-refractivity contribution is 0.227. The quantitative estimate of drug-likeness (QED) is 0.477. The average Bonchev–Trinajstić information content (AvgIpc) is 2.44. The summed E-state index contributed by atoms with van der Waals surface area (Å²) in [5.74, 6) is 0.599. The first-order chi connectivity index (χ1) is 9.56. The van der Waals surface area contributed by atoms with Gasteiger partial charge < -0.3 is 4.90 Å². The minimum atomic E-state index is 0.510. The molecule has 3 rings (SSSR count). The molecule has 0 amide bonds. The molecule has 20 heavy (non-hydrogen) atoms. The predicted octanol–water partition coefficient (Wildman–Crippen LogP) is 4.69. The maximum absolute atomic E-state index is 4.94. The van der Waals surface area contributed by atoms with E-state index < -0.39 is 0 Å². The lowest BCUT2D eigenvalue weighted by Crippen LogP contribution is -2.41. The number of rotatable bonds is 0. The predicted molar refractivity (Wildman–Crippen MR) is 105 cm³/mol. The fraction of sp³-hybridized carbons (Fsp3) is 0.562. The van der Waals surface area contributed by atoms with Crippen LogP contribution in [0.4, 0.5) is 0 Å². The molecule has 4 heteroatoms. The average molecular weight is 496 g/mol. The molecule has 1 aromatic carbocycles. The SMILES string of the molecule is CC1=NC2CCN(C)CC2c2cc(C)c(C)cc21.II. The third kappa shape index (κ3) is 3.21. The fourth-order valence-electron chi connectivity index (χ4n) is 3.34. The van der Waals surface area contributed by atoms with Gasteiger partial charge in [-0.3, -0.25) is 4.99 Å². The Kier molecular flexibility index (Phi) is 5.88. The van der Waals surface area contributed by atoms with Crippen LogP contribution in [0.5, 0.6) is 0 Å². The van der Waals surface area contributed by atoms with Crippen molar-refractivity contribution in [3.05, 3.63) is 34.4 Å². The molecular formula is C16H22I2N2. The largest absolute Gasteiger partial charge is 0.306 e. The van der Waals surface area contributed by atoms with Crippen molar-refractivity contribution in [2.75, 3.05) is 20.1 Å². The summed E-state index contributed by atoms with van der Waals surface area (Å²) in [6.07, 6.45) is 1.20. The van der Waals surface area contributed by atoms with Crippen LogP contribution in [0.25, 0.3) is 0 Å². The van der Waals surface area contributed by atoms with Gasteiger partial charge in [0.15, 0.2) is 0 Å². The molecule has 0 aromatic heterocycles. The van der Waals surface area contributed by atoms with Crippen LogP contribution < -0.4 is 0 Å². The summed E-state index contributed by atoms with van der Waals surface area (Å²) in [5, 5.41) is 0. The Morgan fingerprint density at radius 3 is 2.50 bits per heavy atom. The van der Waals surface area contributed by atoms with Gasteiger partial charge in [-0.1, -0.05) is 6.07 Å². The van der Waals surface area contributed by atoms with Gasteiger partial charge in [0.1, 0.15) is 0 Å². The number of nitrogens with zero attached hydrogens (tertiary/aromatic N) is 2. The number of hydrogen-bond donors (Lipinski definition) is 0. The smallest absolute Gasteiger partial charge is 0.0596 e.